The molecule has 0 fully saturated rings. The molecule has 3 N–H and O–H groups in total. The van der Waals surface area contributed by atoms with Crippen LogP contribution in [0.3, 0.4) is 0 Å². The van der Waals surface area contributed by atoms with Gasteiger partial charge in [-0.05, 0) is 23.6 Å². The molecule has 0 aliphatic heterocycles. The van der Waals surface area contributed by atoms with Gasteiger partial charge in [-0.2, -0.15) is 0 Å². The van der Waals surface area contributed by atoms with Gasteiger partial charge in [0, 0.05) is 5.69 Å². The molecule has 0 saturated carbocycles. The van der Waals surface area contributed by atoms with E-state index >= 15 is 0 Å². The van der Waals surface area contributed by atoms with Gasteiger partial charge >= 0.3 is 5.97 Å². The highest BCUT2D eigenvalue weighted by molar-refractivity contribution is 5.89. The van der Waals surface area contributed by atoms with E-state index in [1.807, 2.05) is 13.8 Å². The van der Waals surface area contributed by atoms with Gasteiger partial charge in [0.1, 0.15) is 0 Å². The smallest absolute Gasteiger partial charge is 0.335 e. The number of carbonyl (C=O) groups is 1. The molecule has 1 aromatic rings. The molecular weight excluding hydrogens is 166 g/mol. The monoisotopic (exact) mass is 179 g/mol. The predicted molar refractivity (Wildman–Crippen MR) is 51.9 cm³/mol. The van der Waals surface area contributed by atoms with Gasteiger partial charge in [0.2, 0.25) is 0 Å². The van der Waals surface area contributed by atoms with E-state index in [9.17, 15) is 4.79 Å². The van der Waals surface area contributed by atoms with Crippen LogP contribution in [0.15, 0.2) is 18.2 Å². The Balaban J connectivity index is 3.13. The molecule has 1 rings (SSSR count). The van der Waals surface area contributed by atoms with E-state index in [2.05, 4.69) is 0 Å². The summed E-state index contributed by atoms with van der Waals surface area (Å²) in [5.74, 6) is -0.621. The van der Waals surface area contributed by atoms with Crippen molar-refractivity contribution in [2.24, 2.45) is 0 Å². The molecule has 0 atom stereocenters. The number of nitrogen functional groups attached to an aromatic ring is 1. The first-order valence-corrected chi connectivity index (χ1v) is 4.15. The topological polar surface area (TPSA) is 63.3 Å². The summed E-state index contributed by atoms with van der Waals surface area (Å²) >= 11 is 0. The average molecular weight is 179 g/mol. The summed E-state index contributed by atoms with van der Waals surface area (Å²) in [6, 6.07) is 4.84. The zero-order chi connectivity index (χ0) is 10.0. The lowest BCUT2D eigenvalue weighted by atomic mass is 9.99. The lowest BCUT2D eigenvalue weighted by Gasteiger charge is -2.09. The van der Waals surface area contributed by atoms with Crippen LogP contribution in [-0.2, 0) is 0 Å². The summed E-state index contributed by atoms with van der Waals surface area (Å²) in [5, 5.41) is 8.68. The zero-order valence-corrected chi connectivity index (χ0v) is 7.74. The Kier molecular flexibility index (Phi) is 2.56. The molecule has 13 heavy (non-hydrogen) atoms. The van der Waals surface area contributed by atoms with Crippen molar-refractivity contribution in [3.63, 3.8) is 0 Å². The van der Waals surface area contributed by atoms with E-state index in [-0.39, 0.29) is 5.56 Å². The lowest BCUT2D eigenvalue weighted by Crippen LogP contribution is -2.01. The van der Waals surface area contributed by atoms with Crippen molar-refractivity contribution in [1.82, 2.24) is 0 Å². The van der Waals surface area contributed by atoms with Crippen molar-refractivity contribution in [2.45, 2.75) is 19.8 Å². The quantitative estimate of drug-likeness (QED) is 0.683. The van der Waals surface area contributed by atoms with Gasteiger partial charge in [0.25, 0.3) is 0 Å². The molecule has 0 aliphatic rings. The molecule has 3 heteroatoms. The Morgan fingerprint density at radius 1 is 1.46 bits per heavy atom. The number of rotatable bonds is 2. The van der Waals surface area contributed by atoms with Crippen molar-refractivity contribution < 1.29 is 9.90 Å². The second kappa shape index (κ2) is 3.47. The van der Waals surface area contributed by atoms with Gasteiger partial charge in [-0.1, -0.05) is 19.9 Å². The minimum absolute atomic E-state index is 0.238. The van der Waals surface area contributed by atoms with E-state index in [0.717, 1.165) is 5.56 Å². The molecule has 1 aromatic carbocycles. The van der Waals surface area contributed by atoms with Crippen molar-refractivity contribution in [3.05, 3.63) is 29.3 Å². The molecule has 0 radical (unpaired) electrons. The summed E-state index contributed by atoms with van der Waals surface area (Å²) in [6.45, 7) is 4.04. The number of benzene rings is 1. The highest BCUT2D eigenvalue weighted by atomic mass is 16.4. The second-order valence-corrected chi connectivity index (χ2v) is 3.30. The Morgan fingerprint density at radius 2 is 2.08 bits per heavy atom. The van der Waals surface area contributed by atoms with Crippen LogP contribution in [0.4, 0.5) is 5.69 Å². The van der Waals surface area contributed by atoms with Gasteiger partial charge in [-0.15, -0.1) is 0 Å². The molecule has 0 aliphatic carbocycles. The number of carboxylic acid groups (broad SMARTS) is 1. The molecule has 0 amide bonds. The minimum Gasteiger partial charge on any atom is -0.478 e. The molecule has 0 bridgehead atoms. The summed E-state index contributed by atoms with van der Waals surface area (Å²) in [4.78, 5) is 10.6. The number of carboxylic acids is 1. The highest BCUT2D eigenvalue weighted by Gasteiger charge is 2.07. The standard InChI is InChI=1S/C10H13NO2/c1-6(2)8-4-3-7(10(12)13)5-9(8)11/h3-6H,11H2,1-2H3,(H,12,13). The fraction of sp³-hybridized carbons (Fsp3) is 0.300. The number of nitrogens with two attached hydrogens (primary N) is 1. The van der Waals surface area contributed by atoms with E-state index in [0.29, 0.717) is 11.6 Å². The Bertz CT molecular complexity index is 332. The maximum atomic E-state index is 10.6. The van der Waals surface area contributed by atoms with Crippen LogP contribution in [0.1, 0.15) is 35.7 Å². The first-order valence-electron chi connectivity index (χ1n) is 4.15. The predicted octanol–water partition coefficient (Wildman–Crippen LogP) is 2.09. The van der Waals surface area contributed by atoms with Crippen LogP contribution in [0.2, 0.25) is 0 Å². The number of anilines is 1. The molecule has 70 valence electrons. The third kappa shape index (κ3) is 1.99. The first-order chi connectivity index (χ1) is 6.02. The van der Waals surface area contributed by atoms with Crippen molar-refractivity contribution in [3.8, 4) is 0 Å². The van der Waals surface area contributed by atoms with Crippen LogP contribution in [0.5, 0.6) is 0 Å². The van der Waals surface area contributed by atoms with Crippen LogP contribution < -0.4 is 5.73 Å². The van der Waals surface area contributed by atoms with Crippen LogP contribution in [0.25, 0.3) is 0 Å². The fourth-order valence-electron chi connectivity index (χ4n) is 1.23. The molecule has 0 aromatic heterocycles. The fourth-order valence-corrected chi connectivity index (χ4v) is 1.23. The largest absolute Gasteiger partial charge is 0.478 e. The second-order valence-electron chi connectivity index (χ2n) is 3.30. The van der Waals surface area contributed by atoms with Gasteiger partial charge < -0.3 is 10.8 Å². The maximum absolute atomic E-state index is 10.6. The molecule has 0 heterocycles. The van der Waals surface area contributed by atoms with Gasteiger partial charge in [-0.3, -0.25) is 0 Å². The first kappa shape index (κ1) is 9.58. The van der Waals surface area contributed by atoms with Gasteiger partial charge in [-0.25, -0.2) is 4.79 Å². The Morgan fingerprint density at radius 3 is 2.46 bits per heavy atom. The van der Waals surface area contributed by atoms with Crippen molar-refractivity contribution >= 4 is 11.7 Å². The van der Waals surface area contributed by atoms with Crippen LogP contribution in [0, 0.1) is 0 Å². The van der Waals surface area contributed by atoms with Crippen molar-refractivity contribution in [1.29, 1.82) is 0 Å². The molecule has 0 spiro atoms. The van der Waals surface area contributed by atoms with Crippen LogP contribution >= 0.6 is 0 Å². The highest BCUT2D eigenvalue weighted by Crippen LogP contribution is 2.22. The van der Waals surface area contributed by atoms with Gasteiger partial charge in [0.05, 0.1) is 5.56 Å². The molecular formula is C10H13NO2. The summed E-state index contributed by atoms with van der Waals surface area (Å²) in [7, 11) is 0. The lowest BCUT2D eigenvalue weighted by molar-refractivity contribution is 0.0697. The zero-order valence-electron chi connectivity index (χ0n) is 7.74. The van der Waals surface area contributed by atoms with E-state index in [4.69, 9.17) is 10.8 Å². The third-order valence-electron chi connectivity index (χ3n) is 1.96. The maximum Gasteiger partial charge on any atom is 0.335 e. The van der Waals surface area contributed by atoms with Crippen molar-refractivity contribution in [2.75, 3.05) is 5.73 Å². The van der Waals surface area contributed by atoms with E-state index < -0.39 is 5.97 Å². The minimum atomic E-state index is -0.943. The number of hydrogen-bond acceptors (Lipinski definition) is 2. The number of hydrogen-bond donors (Lipinski definition) is 2. The number of aromatic carboxylic acids is 1. The summed E-state index contributed by atoms with van der Waals surface area (Å²) in [5.41, 5.74) is 7.48. The summed E-state index contributed by atoms with van der Waals surface area (Å²) < 4.78 is 0. The third-order valence-corrected chi connectivity index (χ3v) is 1.96. The Labute approximate surface area is 77.2 Å². The molecule has 0 saturated heterocycles. The SMILES string of the molecule is CC(C)c1ccc(C(=O)O)cc1N. The van der Waals surface area contributed by atoms with E-state index in [1.165, 1.54) is 6.07 Å². The normalized spacial score (nSPS) is 10.4. The van der Waals surface area contributed by atoms with E-state index in [1.54, 1.807) is 12.1 Å². The average Bonchev–Trinajstić information content (AvgIpc) is 2.03. The van der Waals surface area contributed by atoms with Gasteiger partial charge in [0.15, 0.2) is 0 Å². The Hall–Kier alpha value is -1.51. The van der Waals surface area contributed by atoms with Crippen LogP contribution in [-0.4, -0.2) is 11.1 Å². The molecule has 0 unspecified atom stereocenters. The summed E-state index contributed by atoms with van der Waals surface area (Å²) in [6.07, 6.45) is 0. The molecule has 3 nitrogen and oxygen atoms in total.